The topological polar surface area (TPSA) is 92.8 Å². The van der Waals surface area contributed by atoms with Crippen LogP contribution in [0.2, 0.25) is 0 Å². The Kier molecular flexibility index (Phi) is 5.69. The Labute approximate surface area is 157 Å². The van der Waals surface area contributed by atoms with Gasteiger partial charge in [-0.1, -0.05) is 12.2 Å². The minimum atomic E-state index is -0.419. The zero-order valence-corrected chi connectivity index (χ0v) is 15.1. The number of allylic oxidation sites excluding steroid dienone is 2. The van der Waals surface area contributed by atoms with E-state index in [1.165, 1.54) is 4.90 Å². The van der Waals surface area contributed by atoms with Crippen LogP contribution < -0.4 is 5.32 Å². The van der Waals surface area contributed by atoms with Crippen molar-refractivity contribution in [1.29, 1.82) is 0 Å². The number of amides is 3. The quantitative estimate of drug-likeness (QED) is 0.470. The fourth-order valence-electron chi connectivity index (χ4n) is 3.43. The molecule has 0 unspecified atom stereocenters. The van der Waals surface area contributed by atoms with E-state index in [1.54, 1.807) is 31.2 Å². The van der Waals surface area contributed by atoms with Crippen LogP contribution in [0, 0.1) is 11.8 Å². The van der Waals surface area contributed by atoms with Gasteiger partial charge in [-0.3, -0.25) is 19.3 Å². The highest BCUT2D eigenvalue weighted by atomic mass is 16.5. The Hall–Kier alpha value is -2.96. The molecule has 0 saturated carbocycles. The molecular formula is C20H22N2O5. The zero-order valence-electron chi connectivity index (χ0n) is 15.1. The summed E-state index contributed by atoms with van der Waals surface area (Å²) in [6.45, 7) is 2.11. The largest absolute Gasteiger partial charge is 0.462 e. The summed E-state index contributed by atoms with van der Waals surface area (Å²) < 4.78 is 4.90. The maximum Gasteiger partial charge on any atom is 0.338 e. The van der Waals surface area contributed by atoms with Gasteiger partial charge in [-0.25, -0.2) is 4.79 Å². The molecule has 1 aromatic rings. The molecule has 3 rings (SSSR count). The first kappa shape index (κ1) is 18.8. The fraction of sp³-hybridized carbons (Fsp3) is 0.400. The summed E-state index contributed by atoms with van der Waals surface area (Å²) in [4.78, 5) is 49.7. The highest BCUT2D eigenvalue weighted by Crippen LogP contribution is 2.35. The van der Waals surface area contributed by atoms with Crippen molar-refractivity contribution in [3.8, 4) is 0 Å². The summed E-state index contributed by atoms with van der Waals surface area (Å²) in [6.07, 6.45) is 5.07. The number of benzene rings is 1. The van der Waals surface area contributed by atoms with Crippen molar-refractivity contribution in [2.75, 3.05) is 18.5 Å². The second-order valence-electron chi connectivity index (χ2n) is 6.58. The number of likely N-dealkylation sites (tertiary alicyclic amines) is 1. The van der Waals surface area contributed by atoms with Gasteiger partial charge in [0.15, 0.2) is 0 Å². The number of rotatable bonds is 6. The molecule has 1 aliphatic carbocycles. The average Bonchev–Trinajstić information content (AvgIpc) is 2.92. The minimum absolute atomic E-state index is 0.0317. The van der Waals surface area contributed by atoms with E-state index in [2.05, 4.69) is 5.32 Å². The first-order valence-corrected chi connectivity index (χ1v) is 9.08. The van der Waals surface area contributed by atoms with Crippen LogP contribution in [-0.2, 0) is 19.1 Å². The number of hydrogen-bond acceptors (Lipinski definition) is 5. The Balaban J connectivity index is 1.52. The van der Waals surface area contributed by atoms with Gasteiger partial charge in [0.25, 0.3) is 0 Å². The van der Waals surface area contributed by atoms with Crippen molar-refractivity contribution in [3.05, 3.63) is 42.0 Å². The zero-order chi connectivity index (χ0) is 19.4. The number of ether oxygens (including phenoxy) is 1. The maximum atomic E-state index is 12.4. The smallest absolute Gasteiger partial charge is 0.338 e. The predicted octanol–water partition coefficient (Wildman–Crippen LogP) is 2.14. The molecule has 1 fully saturated rings. The molecule has 1 aromatic carbocycles. The van der Waals surface area contributed by atoms with Gasteiger partial charge < -0.3 is 10.1 Å². The van der Waals surface area contributed by atoms with Gasteiger partial charge in [-0.05, 0) is 44.0 Å². The minimum Gasteiger partial charge on any atom is -0.462 e. The number of nitrogens with one attached hydrogen (secondary N) is 1. The van der Waals surface area contributed by atoms with E-state index in [1.807, 2.05) is 12.2 Å². The van der Waals surface area contributed by atoms with Crippen molar-refractivity contribution in [2.45, 2.75) is 26.2 Å². The third-order valence-corrected chi connectivity index (χ3v) is 4.84. The second kappa shape index (κ2) is 8.16. The van der Waals surface area contributed by atoms with Crippen LogP contribution in [0.4, 0.5) is 5.69 Å². The third-order valence-electron chi connectivity index (χ3n) is 4.84. The first-order valence-electron chi connectivity index (χ1n) is 9.08. The van der Waals surface area contributed by atoms with Crippen LogP contribution in [0.5, 0.6) is 0 Å². The third kappa shape index (κ3) is 4.07. The van der Waals surface area contributed by atoms with E-state index in [4.69, 9.17) is 4.74 Å². The fourth-order valence-corrected chi connectivity index (χ4v) is 3.43. The molecule has 27 heavy (non-hydrogen) atoms. The molecule has 7 heteroatoms. The van der Waals surface area contributed by atoms with Crippen LogP contribution in [0.1, 0.15) is 36.5 Å². The number of carbonyl (C=O) groups is 4. The standard InChI is InChI=1S/C20H22N2O5/c1-2-27-20(26)13-7-9-14(10-8-13)21-17(23)11-12-22-18(24)15-5-3-4-6-16(15)19(22)25/h3-4,7-10,15-16H,2,5-6,11-12H2,1H3,(H,21,23)/t15-,16-/m1/s1. The molecule has 0 aromatic heterocycles. The van der Waals surface area contributed by atoms with Crippen LogP contribution in [0.25, 0.3) is 0 Å². The lowest BCUT2D eigenvalue weighted by Gasteiger charge is -2.14. The molecule has 1 saturated heterocycles. The van der Waals surface area contributed by atoms with Gasteiger partial charge in [-0.2, -0.15) is 0 Å². The monoisotopic (exact) mass is 370 g/mol. The number of anilines is 1. The number of imide groups is 1. The summed E-state index contributed by atoms with van der Waals surface area (Å²) in [7, 11) is 0. The lowest BCUT2D eigenvalue weighted by molar-refractivity contribution is -0.140. The van der Waals surface area contributed by atoms with Crippen molar-refractivity contribution in [3.63, 3.8) is 0 Å². The predicted molar refractivity (Wildman–Crippen MR) is 97.7 cm³/mol. The number of esters is 1. The summed E-state index contributed by atoms with van der Waals surface area (Å²) in [5, 5.41) is 2.70. The molecular weight excluding hydrogens is 348 g/mol. The van der Waals surface area contributed by atoms with Gasteiger partial charge in [0, 0.05) is 18.7 Å². The van der Waals surface area contributed by atoms with Crippen molar-refractivity contribution < 1.29 is 23.9 Å². The molecule has 2 atom stereocenters. The molecule has 3 amide bonds. The normalized spacial score (nSPS) is 21.1. The summed E-state index contributed by atoms with van der Waals surface area (Å²) >= 11 is 0. The van der Waals surface area contributed by atoms with Crippen LogP contribution in [-0.4, -0.2) is 41.7 Å². The van der Waals surface area contributed by atoms with Gasteiger partial charge in [0.05, 0.1) is 24.0 Å². The highest BCUT2D eigenvalue weighted by molar-refractivity contribution is 6.05. The van der Waals surface area contributed by atoms with E-state index in [-0.39, 0.29) is 42.5 Å². The van der Waals surface area contributed by atoms with Crippen molar-refractivity contribution in [1.82, 2.24) is 4.90 Å². The van der Waals surface area contributed by atoms with Crippen LogP contribution in [0.3, 0.4) is 0 Å². The van der Waals surface area contributed by atoms with E-state index < -0.39 is 5.97 Å². The van der Waals surface area contributed by atoms with E-state index in [0.717, 1.165) is 0 Å². The van der Waals surface area contributed by atoms with Gasteiger partial charge in [-0.15, -0.1) is 0 Å². The van der Waals surface area contributed by atoms with Gasteiger partial charge >= 0.3 is 5.97 Å². The Bertz CT molecular complexity index is 758. The molecule has 1 N–H and O–H groups in total. The summed E-state index contributed by atoms with van der Waals surface area (Å²) in [5.41, 5.74) is 0.935. The number of nitrogens with zero attached hydrogens (tertiary/aromatic N) is 1. The number of carbonyl (C=O) groups excluding carboxylic acids is 4. The lowest BCUT2D eigenvalue weighted by atomic mass is 9.85. The Morgan fingerprint density at radius 2 is 1.67 bits per heavy atom. The number of hydrogen-bond donors (Lipinski definition) is 1. The van der Waals surface area contributed by atoms with Gasteiger partial charge in [0.2, 0.25) is 17.7 Å². The summed E-state index contributed by atoms with van der Waals surface area (Å²) in [5.74, 6) is -1.63. The highest BCUT2D eigenvalue weighted by Gasteiger charge is 2.46. The SMILES string of the molecule is CCOC(=O)c1ccc(NC(=O)CCN2C(=O)[C@@H]3CC=CC[C@H]3C2=O)cc1. The van der Waals surface area contributed by atoms with E-state index in [0.29, 0.717) is 30.7 Å². The molecule has 7 nitrogen and oxygen atoms in total. The van der Waals surface area contributed by atoms with E-state index in [9.17, 15) is 19.2 Å². The van der Waals surface area contributed by atoms with Crippen LogP contribution >= 0.6 is 0 Å². The molecule has 0 bridgehead atoms. The number of fused-ring (bicyclic) bond motifs is 1. The summed E-state index contributed by atoms with van der Waals surface area (Å²) in [6, 6.07) is 6.35. The molecule has 1 heterocycles. The molecule has 1 aliphatic heterocycles. The lowest BCUT2D eigenvalue weighted by Crippen LogP contribution is -2.34. The molecule has 0 spiro atoms. The average molecular weight is 370 g/mol. The second-order valence-corrected chi connectivity index (χ2v) is 6.58. The molecule has 2 aliphatic rings. The van der Waals surface area contributed by atoms with Crippen LogP contribution in [0.15, 0.2) is 36.4 Å². The maximum absolute atomic E-state index is 12.4. The van der Waals surface area contributed by atoms with Crippen molar-refractivity contribution >= 4 is 29.4 Å². The van der Waals surface area contributed by atoms with Crippen molar-refractivity contribution in [2.24, 2.45) is 11.8 Å². The Morgan fingerprint density at radius 1 is 1.07 bits per heavy atom. The molecule has 0 radical (unpaired) electrons. The van der Waals surface area contributed by atoms with E-state index >= 15 is 0 Å². The molecule has 142 valence electrons. The Morgan fingerprint density at radius 3 is 2.22 bits per heavy atom. The van der Waals surface area contributed by atoms with Gasteiger partial charge in [0.1, 0.15) is 0 Å². The first-order chi connectivity index (χ1) is 13.0.